The van der Waals surface area contributed by atoms with Crippen molar-refractivity contribution >= 4 is 28.7 Å². The third-order valence-corrected chi connectivity index (χ3v) is 5.14. The van der Waals surface area contributed by atoms with Gasteiger partial charge >= 0.3 is 5.69 Å². The largest absolute Gasteiger partial charge is 0.497 e. The molecule has 1 aliphatic rings. The van der Waals surface area contributed by atoms with Crippen molar-refractivity contribution in [2.75, 3.05) is 18.6 Å². The van der Waals surface area contributed by atoms with E-state index in [9.17, 15) is 14.4 Å². The van der Waals surface area contributed by atoms with Gasteiger partial charge in [-0.3, -0.25) is 14.2 Å². The molecule has 1 aromatic carbocycles. The van der Waals surface area contributed by atoms with E-state index in [1.165, 1.54) is 11.6 Å². The van der Waals surface area contributed by atoms with Crippen LogP contribution in [0.2, 0.25) is 0 Å². The molecule has 4 rings (SSSR count). The van der Waals surface area contributed by atoms with Crippen molar-refractivity contribution < 1.29 is 9.53 Å². The number of fused-ring (bicyclic) bond motifs is 3. The van der Waals surface area contributed by atoms with Gasteiger partial charge in [-0.1, -0.05) is 6.92 Å². The zero-order valence-electron chi connectivity index (χ0n) is 16.5. The lowest BCUT2D eigenvalue weighted by Gasteiger charge is -2.33. The van der Waals surface area contributed by atoms with E-state index in [0.29, 0.717) is 19.0 Å². The van der Waals surface area contributed by atoms with Crippen LogP contribution in [-0.4, -0.2) is 38.2 Å². The maximum absolute atomic E-state index is 13.0. The number of benzene rings is 1. The lowest BCUT2D eigenvalue weighted by atomic mass is 10.1. The second-order valence-electron chi connectivity index (χ2n) is 7.31. The standard InChI is InChI=1S/C19H22N6O4/c1-11-8-23(12-4-6-13(29-3)7-5-12)18-21-16-15(24(18)9-11)17(27)25(10-14(20)26)19(28)22(16)2/h4-7,11H,8-10H2,1-3H3,(H2,20,26)/t11-/m1/s1. The molecule has 1 atom stereocenters. The van der Waals surface area contributed by atoms with E-state index in [0.717, 1.165) is 16.0 Å². The third-order valence-electron chi connectivity index (χ3n) is 5.14. The number of carbonyl (C=O) groups is 1. The molecule has 0 saturated carbocycles. The van der Waals surface area contributed by atoms with Crippen LogP contribution in [0.25, 0.3) is 11.2 Å². The summed E-state index contributed by atoms with van der Waals surface area (Å²) in [5, 5.41) is 0. The third kappa shape index (κ3) is 2.96. The van der Waals surface area contributed by atoms with Crippen LogP contribution >= 0.6 is 0 Å². The number of imidazole rings is 1. The number of aryl methyl sites for hydroxylation is 1. The molecule has 0 radical (unpaired) electrons. The molecule has 2 N–H and O–H groups in total. The first-order valence-electron chi connectivity index (χ1n) is 9.21. The Kier molecular flexibility index (Phi) is 4.40. The van der Waals surface area contributed by atoms with Crippen molar-refractivity contribution in [3.05, 3.63) is 45.1 Å². The van der Waals surface area contributed by atoms with Gasteiger partial charge in [-0.15, -0.1) is 0 Å². The molecule has 0 aliphatic carbocycles. The van der Waals surface area contributed by atoms with Crippen LogP contribution in [0.15, 0.2) is 33.9 Å². The minimum absolute atomic E-state index is 0.225. The first-order valence-corrected chi connectivity index (χ1v) is 9.21. The van der Waals surface area contributed by atoms with Crippen LogP contribution < -0.4 is 26.6 Å². The SMILES string of the molecule is COc1ccc(N2C[C@@H](C)Cn3c2nc2c3c(=O)n(CC(N)=O)c(=O)n2C)cc1. The average Bonchev–Trinajstić information content (AvgIpc) is 3.08. The van der Waals surface area contributed by atoms with Crippen molar-refractivity contribution in [3.8, 4) is 5.75 Å². The van der Waals surface area contributed by atoms with E-state index < -0.39 is 23.7 Å². The monoisotopic (exact) mass is 398 g/mol. The Morgan fingerprint density at radius 3 is 2.55 bits per heavy atom. The Hall–Kier alpha value is -3.56. The summed E-state index contributed by atoms with van der Waals surface area (Å²) in [5.41, 5.74) is 5.50. The Bertz CT molecular complexity index is 1220. The van der Waals surface area contributed by atoms with Gasteiger partial charge in [0.25, 0.3) is 5.56 Å². The maximum atomic E-state index is 13.0. The lowest BCUT2D eigenvalue weighted by molar-refractivity contribution is -0.118. The lowest BCUT2D eigenvalue weighted by Crippen LogP contribution is -2.43. The number of ether oxygens (including phenoxy) is 1. The highest BCUT2D eigenvalue weighted by Gasteiger charge is 2.30. The highest BCUT2D eigenvalue weighted by atomic mass is 16.5. The van der Waals surface area contributed by atoms with E-state index in [2.05, 4.69) is 11.9 Å². The number of primary amides is 1. The molecule has 3 heterocycles. The summed E-state index contributed by atoms with van der Waals surface area (Å²) in [6, 6.07) is 7.56. The molecule has 2 aromatic heterocycles. The van der Waals surface area contributed by atoms with Gasteiger partial charge in [0.1, 0.15) is 12.3 Å². The van der Waals surface area contributed by atoms with Crippen molar-refractivity contribution in [1.82, 2.24) is 18.7 Å². The minimum Gasteiger partial charge on any atom is -0.497 e. The molecule has 10 heteroatoms. The number of carbonyl (C=O) groups excluding carboxylic acids is 1. The van der Waals surface area contributed by atoms with E-state index in [-0.39, 0.29) is 17.1 Å². The van der Waals surface area contributed by atoms with Gasteiger partial charge in [0, 0.05) is 25.8 Å². The topological polar surface area (TPSA) is 117 Å². The normalized spacial score (nSPS) is 16.1. The summed E-state index contributed by atoms with van der Waals surface area (Å²) in [6.45, 7) is 2.89. The first kappa shape index (κ1) is 18.8. The van der Waals surface area contributed by atoms with E-state index in [1.807, 2.05) is 33.7 Å². The smallest absolute Gasteiger partial charge is 0.332 e. The Labute approximate surface area is 165 Å². The van der Waals surface area contributed by atoms with Crippen molar-refractivity contribution in [3.63, 3.8) is 0 Å². The summed E-state index contributed by atoms with van der Waals surface area (Å²) in [5.74, 6) is 0.787. The Balaban J connectivity index is 1.96. The predicted octanol–water partition coefficient (Wildman–Crippen LogP) is 0.178. The highest BCUT2D eigenvalue weighted by molar-refractivity contribution is 5.78. The van der Waals surface area contributed by atoms with E-state index in [4.69, 9.17) is 10.5 Å². The number of aromatic nitrogens is 4. The van der Waals surface area contributed by atoms with Crippen LogP contribution in [0.5, 0.6) is 5.75 Å². The zero-order valence-corrected chi connectivity index (χ0v) is 16.5. The second-order valence-corrected chi connectivity index (χ2v) is 7.31. The average molecular weight is 398 g/mol. The van der Waals surface area contributed by atoms with Gasteiger partial charge in [0.15, 0.2) is 11.2 Å². The fourth-order valence-electron chi connectivity index (χ4n) is 3.78. The molecule has 0 saturated heterocycles. The van der Waals surface area contributed by atoms with Gasteiger partial charge in [-0.05, 0) is 30.2 Å². The minimum atomic E-state index is -0.754. The van der Waals surface area contributed by atoms with Crippen LogP contribution in [0, 0.1) is 5.92 Å². The molecule has 152 valence electrons. The molecule has 1 aliphatic heterocycles. The van der Waals surface area contributed by atoms with Crippen molar-refractivity contribution in [2.24, 2.45) is 18.7 Å². The molecular formula is C19H22N6O4. The number of nitrogens with two attached hydrogens (primary N) is 1. The fourth-order valence-corrected chi connectivity index (χ4v) is 3.78. The molecule has 0 spiro atoms. The molecule has 29 heavy (non-hydrogen) atoms. The van der Waals surface area contributed by atoms with Gasteiger partial charge < -0.3 is 19.9 Å². The van der Waals surface area contributed by atoms with Gasteiger partial charge in [-0.2, -0.15) is 4.98 Å². The number of methoxy groups -OCH3 is 1. The molecule has 3 aromatic rings. The second kappa shape index (κ2) is 6.80. The molecule has 10 nitrogen and oxygen atoms in total. The molecule has 0 fully saturated rings. The number of hydrogen-bond acceptors (Lipinski definition) is 6. The Morgan fingerprint density at radius 1 is 1.24 bits per heavy atom. The van der Waals surface area contributed by atoms with Gasteiger partial charge in [-0.25, -0.2) is 9.36 Å². The maximum Gasteiger partial charge on any atom is 0.332 e. The molecular weight excluding hydrogens is 376 g/mol. The van der Waals surface area contributed by atoms with E-state index >= 15 is 0 Å². The molecule has 1 amide bonds. The van der Waals surface area contributed by atoms with Crippen LogP contribution in [0.3, 0.4) is 0 Å². The van der Waals surface area contributed by atoms with Crippen molar-refractivity contribution in [2.45, 2.75) is 20.0 Å². The van der Waals surface area contributed by atoms with E-state index in [1.54, 1.807) is 7.11 Å². The molecule has 0 unspecified atom stereocenters. The number of anilines is 2. The van der Waals surface area contributed by atoms with Gasteiger partial charge in [0.2, 0.25) is 11.9 Å². The van der Waals surface area contributed by atoms with Crippen molar-refractivity contribution in [1.29, 1.82) is 0 Å². The first-order chi connectivity index (χ1) is 13.8. The summed E-state index contributed by atoms with van der Waals surface area (Å²) in [6.07, 6.45) is 0. The highest BCUT2D eigenvalue weighted by Crippen LogP contribution is 2.33. The van der Waals surface area contributed by atoms with Gasteiger partial charge in [0.05, 0.1) is 7.11 Å². The quantitative estimate of drug-likeness (QED) is 0.670. The number of nitrogens with zero attached hydrogens (tertiary/aromatic N) is 5. The van der Waals surface area contributed by atoms with Crippen LogP contribution in [0.1, 0.15) is 6.92 Å². The fraction of sp³-hybridized carbons (Fsp3) is 0.368. The van der Waals surface area contributed by atoms with Crippen LogP contribution in [0.4, 0.5) is 11.6 Å². The summed E-state index contributed by atoms with van der Waals surface area (Å²) < 4.78 is 9.18. The molecule has 0 bridgehead atoms. The number of hydrogen-bond donors (Lipinski definition) is 1. The van der Waals surface area contributed by atoms with Crippen LogP contribution in [-0.2, 0) is 24.9 Å². The Morgan fingerprint density at radius 2 is 1.93 bits per heavy atom. The summed E-state index contributed by atoms with van der Waals surface area (Å²) in [4.78, 5) is 43.6. The zero-order chi connectivity index (χ0) is 20.9. The number of rotatable bonds is 4. The number of amides is 1. The summed E-state index contributed by atoms with van der Waals surface area (Å²) >= 11 is 0. The summed E-state index contributed by atoms with van der Waals surface area (Å²) in [7, 11) is 3.14. The predicted molar refractivity (Wildman–Crippen MR) is 108 cm³/mol.